The quantitative estimate of drug-likeness (QED) is 0.388. The average molecular weight is 460 g/mol. The molecule has 1 rings (SSSR count). The molecule has 2 N–H and O–H groups in total. The van der Waals surface area contributed by atoms with Crippen molar-refractivity contribution in [3.8, 4) is 0 Å². The molecule has 142 valence electrons. The first-order valence-electron chi connectivity index (χ1n) is 8.55. The Morgan fingerprint density at radius 3 is 2.20 bits per heavy atom. The van der Waals surface area contributed by atoms with Gasteiger partial charge in [-0.25, -0.2) is 4.99 Å². The highest BCUT2D eigenvalue weighted by Crippen LogP contribution is 2.16. The Hall–Kier alpha value is -1.31. The molecule has 0 aliphatic rings. The SMILES string of the molecule is CCNC(=NCc1ccc(C(=O)N(C)C)cc1)NCCC(C)(C)C.I. The maximum Gasteiger partial charge on any atom is 0.253 e. The van der Waals surface area contributed by atoms with Crippen molar-refractivity contribution in [3.63, 3.8) is 0 Å². The fraction of sp³-hybridized carbons (Fsp3) is 0.579. The third-order valence-electron chi connectivity index (χ3n) is 3.54. The number of hydrogen-bond donors (Lipinski definition) is 2. The van der Waals surface area contributed by atoms with Gasteiger partial charge in [0.15, 0.2) is 5.96 Å². The molecule has 1 aromatic carbocycles. The molecule has 0 radical (unpaired) electrons. The van der Waals surface area contributed by atoms with Gasteiger partial charge in [-0.2, -0.15) is 0 Å². The van der Waals surface area contributed by atoms with Crippen LogP contribution in [-0.2, 0) is 6.54 Å². The lowest BCUT2D eigenvalue weighted by molar-refractivity contribution is 0.0827. The third kappa shape index (κ3) is 9.67. The van der Waals surface area contributed by atoms with Gasteiger partial charge in [0.25, 0.3) is 5.91 Å². The summed E-state index contributed by atoms with van der Waals surface area (Å²) in [5.74, 6) is 0.845. The van der Waals surface area contributed by atoms with Crippen molar-refractivity contribution in [1.82, 2.24) is 15.5 Å². The number of aliphatic imine (C=N–C) groups is 1. The largest absolute Gasteiger partial charge is 0.357 e. The molecule has 0 fully saturated rings. The maximum atomic E-state index is 11.9. The van der Waals surface area contributed by atoms with Crippen LogP contribution < -0.4 is 10.6 Å². The summed E-state index contributed by atoms with van der Waals surface area (Å²) in [5, 5.41) is 6.63. The molecule has 1 amide bonds. The van der Waals surface area contributed by atoms with Crippen LogP contribution in [0.5, 0.6) is 0 Å². The summed E-state index contributed by atoms with van der Waals surface area (Å²) in [6.07, 6.45) is 1.08. The summed E-state index contributed by atoms with van der Waals surface area (Å²) in [4.78, 5) is 18.1. The molecule has 0 aromatic heterocycles. The molecule has 1 aromatic rings. The Bertz CT molecular complexity index is 548. The highest BCUT2D eigenvalue weighted by atomic mass is 127. The molecule has 0 aliphatic heterocycles. The number of halogens is 1. The van der Waals surface area contributed by atoms with E-state index in [4.69, 9.17) is 0 Å². The van der Waals surface area contributed by atoms with Gasteiger partial charge in [0.1, 0.15) is 0 Å². The van der Waals surface area contributed by atoms with E-state index in [2.05, 4.69) is 43.3 Å². The summed E-state index contributed by atoms with van der Waals surface area (Å²) >= 11 is 0. The monoisotopic (exact) mass is 460 g/mol. The Kier molecular flexibility index (Phi) is 10.7. The van der Waals surface area contributed by atoms with Crippen molar-refractivity contribution < 1.29 is 4.79 Å². The fourth-order valence-corrected chi connectivity index (χ4v) is 2.08. The van der Waals surface area contributed by atoms with Gasteiger partial charge in [0.05, 0.1) is 6.54 Å². The summed E-state index contributed by atoms with van der Waals surface area (Å²) in [5.41, 5.74) is 2.08. The number of guanidine groups is 1. The minimum Gasteiger partial charge on any atom is -0.357 e. The van der Waals surface area contributed by atoms with E-state index in [-0.39, 0.29) is 29.9 Å². The van der Waals surface area contributed by atoms with Crippen LogP contribution in [0.4, 0.5) is 0 Å². The second-order valence-electron chi connectivity index (χ2n) is 7.33. The van der Waals surface area contributed by atoms with E-state index in [1.54, 1.807) is 19.0 Å². The molecule has 5 nitrogen and oxygen atoms in total. The van der Waals surface area contributed by atoms with Crippen LogP contribution in [0.25, 0.3) is 0 Å². The molecule has 0 saturated carbocycles. The fourth-order valence-electron chi connectivity index (χ4n) is 2.08. The van der Waals surface area contributed by atoms with E-state index in [1.165, 1.54) is 0 Å². The van der Waals surface area contributed by atoms with Gasteiger partial charge in [-0.05, 0) is 36.5 Å². The molecule has 6 heteroatoms. The predicted molar refractivity (Wildman–Crippen MR) is 117 cm³/mol. The van der Waals surface area contributed by atoms with Gasteiger partial charge in [-0.1, -0.05) is 32.9 Å². The number of carbonyl (C=O) groups is 1. The van der Waals surface area contributed by atoms with Crippen LogP contribution in [0.15, 0.2) is 29.3 Å². The highest BCUT2D eigenvalue weighted by molar-refractivity contribution is 14.0. The second kappa shape index (κ2) is 11.3. The van der Waals surface area contributed by atoms with E-state index < -0.39 is 0 Å². The number of benzene rings is 1. The normalized spacial score (nSPS) is 11.5. The zero-order valence-corrected chi connectivity index (χ0v) is 18.7. The lowest BCUT2D eigenvalue weighted by atomic mass is 9.92. The van der Waals surface area contributed by atoms with Gasteiger partial charge >= 0.3 is 0 Å². The Morgan fingerprint density at radius 1 is 1.12 bits per heavy atom. The Morgan fingerprint density at radius 2 is 1.72 bits per heavy atom. The number of nitrogens with zero attached hydrogens (tertiary/aromatic N) is 2. The molecule has 0 aliphatic carbocycles. The number of rotatable bonds is 6. The first-order valence-corrected chi connectivity index (χ1v) is 8.55. The van der Waals surface area contributed by atoms with E-state index >= 15 is 0 Å². The Balaban J connectivity index is 0.00000576. The molecule has 0 saturated heterocycles. The van der Waals surface area contributed by atoms with E-state index in [0.717, 1.165) is 31.0 Å². The molecule has 25 heavy (non-hydrogen) atoms. The number of nitrogens with one attached hydrogen (secondary N) is 2. The van der Waals surface area contributed by atoms with Crippen molar-refractivity contribution in [2.24, 2.45) is 10.4 Å². The molecule has 0 bridgehead atoms. The van der Waals surface area contributed by atoms with Gasteiger partial charge in [-0.15, -0.1) is 24.0 Å². The lowest BCUT2D eigenvalue weighted by Crippen LogP contribution is -2.38. The van der Waals surface area contributed by atoms with Gasteiger partial charge in [0.2, 0.25) is 0 Å². The predicted octanol–water partition coefficient (Wildman–Crippen LogP) is 3.50. The van der Waals surface area contributed by atoms with E-state index in [1.807, 2.05) is 24.3 Å². The third-order valence-corrected chi connectivity index (χ3v) is 3.54. The van der Waals surface area contributed by atoms with Crippen molar-refractivity contribution in [1.29, 1.82) is 0 Å². The highest BCUT2D eigenvalue weighted by Gasteiger charge is 2.10. The van der Waals surface area contributed by atoms with Crippen LogP contribution in [0, 0.1) is 5.41 Å². The number of hydrogen-bond acceptors (Lipinski definition) is 2. The van der Waals surface area contributed by atoms with Crippen molar-refractivity contribution in [2.45, 2.75) is 40.7 Å². The van der Waals surface area contributed by atoms with Crippen LogP contribution in [0.3, 0.4) is 0 Å². The first kappa shape index (κ1) is 23.7. The van der Waals surface area contributed by atoms with Crippen molar-refractivity contribution in [2.75, 3.05) is 27.2 Å². The molecular weight excluding hydrogens is 427 g/mol. The minimum atomic E-state index is 0. The summed E-state index contributed by atoms with van der Waals surface area (Å²) in [7, 11) is 3.51. The smallest absolute Gasteiger partial charge is 0.253 e. The van der Waals surface area contributed by atoms with Crippen molar-refractivity contribution in [3.05, 3.63) is 35.4 Å². The van der Waals surface area contributed by atoms with Gasteiger partial charge in [-0.3, -0.25) is 4.79 Å². The molecular formula is C19H33IN4O. The summed E-state index contributed by atoms with van der Waals surface area (Å²) in [6.45, 7) is 11.1. The summed E-state index contributed by atoms with van der Waals surface area (Å²) in [6, 6.07) is 7.62. The average Bonchev–Trinajstić information content (AvgIpc) is 2.51. The zero-order valence-electron chi connectivity index (χ0n) is 16.3. The van der Waals surface area contributed by atoms with E-state index in [0.29, 0.717) is 17.5 Å². The first-order chi connectivity index (χ1) is 11.2. The summed E-state index contributed by atoms with van der Waals surface area (Å²) < 4.78 is 0. The topological polar surface area (TPSA) is 56.7 Å². The minimum absolute atomic E-state index is 0. The van der Waals surface area contributed by atoms with Gasteiger partial charge in [0, 0.05) is 32.7 Å². The van der Waals surface area contributed by atoms with Crippen LogP contribution >= 0.6 is 24.0 Å². The maximum absolute atomic E-state index is 11.9. The molecule has 0 heterocycles. The van der Waals surface area contributed by atoms with Crippen molar-refractivity contribution >= 4 is 35.8 Å². The number of amides is 1. The molecule has 0 unspecified atom stereocenters. The zero-order chi connectivity index (χ0) is 18.2. The van der Waals surface area contributed by atoms with Crippen LogP contribution in [0.1, 0.15) is 50.0 Å². The van der Waals surface area contributed by atoms with Crippen LogP contribution in [-0.4, -0.2) is 44.0 Å². The standard InChI is InChI=1S/C19H32N4O.HI/c1-7-20-18(21-13-12-19(2,3)4)22-14-15-8-10-16(11-9-15)17(24)23(5)6;/h8-11H,7,12-14H2,1-6H3,(H2,20,21,22);1H. The Labute approximate surface area is 169 Å². The molecule has 0 atom stereocenters. The lowest BCUT2D eigenvalue weighted by Gasteiger charge is -2.19. The number of carbonyl (C=O) groups excluding carboxylic acids is 1. The second-order valence-corrected chi connectivity index (χ2v) is 7.33. The van der Waals surface area contributed by atoms with E-state index in [9.17, 15) is 4.79 Å². The molecule has 0 spiro atoms. The van der Waals surface area contributed by atoms with Gasteiger partial charge < -0.3 is 15.5 Å². The van der Waals surface area contributed by atoms with Crippen LogP contribution in [0.2, 0.25) is 0 Å².